The molecule has 1 saturated heterocycles. The minimum atomic E-state index is -0.713. The fourth-order valence-electron chi connectivity index (χ4n) is 3.55. The Morgan fingerprint density at radius 3 is 2.71 bits per heavy atom. The normalized spacial score (nSPS) is 24.1. The Balaban J connectivity index is 2.22. The van der Waals surface area contributed by atoms with Crippen LogP contribution in [0.4, 0.5) is 4.39 Å². The standard InChI is InChI=1S/C17H24FNO2/c1-3-9-17(16(20)21)10-11-19(12-17)15(4-2)13-7-5-6-8-14(13)18/h5-8,15H,3-4,9-12H2,1-2H3,(H,20,21). The molecule has 1 N–H and O–H groups in total. The summed E-state index contributed by atoms with van der Waals surface area (Å²) in [4.78, 5) is 13.8. The van der Waals surface area contributed by atoms with E-state index in [1.165, 1.54) is 6.07 Å². The maximum Gasteiger partial charge on any atom is 0.310 e. The van der Waals surface area contributed by atoms with E-state index >= 15 is 0 Å². The van der Waals surface area contributed by atoms with Gasteiger partial charge in [0.05, 0.1) is 5.41 Å². The zero-order chi connectivity index (χ0) is 15.5. The maximum absolute atomic E-state index is 14.0. The van der Waals surface area contributed by atoms with E-state index < -0.39 is 11.4 Å². The summed E-state index contributed by atoms with van der Waals surface area (Å²) in [5, 5.41) is 9.59. The van der Waals surface area contributed by atoms with Crippen molar-refractivity contribution in [1.29, 1.82) is 0 Å². The first-order chi connectivity index (χ1) is 10.0. The number of rotatable bonds is 6. The molecule has 1 fully saturated rings. The van der Waals surface area contributed by atoms with Gasteiger partial charge in [-0.05, 0) is 31.9 Å². The highest BCUT2D eigenvalue weighted by molar-refractivity contribution is 5.75. The van der Waals surface area contributed by atoms with Gasteiger partial charge in [-0.3, -0.25) is 9.69 Å². The van der Waals surface area contributed by atoms with Crippen molar-refractivity contribution in [2.24, 2.45) is 5.41 Å². The van der Waals surface area contributed by atoms with Gasteiger partial charge in [0.25, 0.3) is 0 Å². The van der Waals surface area contributed by atoms with Gasteiger partial charge in [0.1, 0.15) is 5.82 Å². The van der Waals surface area contributed by atoms with E-state index in [0.29, 0.717) is 24.9 Å². The first kappa shape index (κ1) is 16.0. The molecule has 0 amide bonds. The average Bonchev–Trinajstić information content (AvgIpc) is 2.88. The van der Waals surface area contributed by atoms with Crippen LogP contribution in [0.5, 0.6) is 0 Å². The van der Waals surface area contributed by atoms with Gasteiger partial charge in [-0.15, -0.1) is 0 Å². The van der Waals surface area contributed by atoms with E-state index in [1.54, 1.807) is 6.07 Å². The number of nitrogens with zero attached hydrogens (tertiary/aromatic N) is 1. The second kappa shape index (κ2) is 6.56. The van der Waals surface area contributed by atoms with Crippen molar-refractivity contribution in [3.8, 4) is 0 Å². The van der Waals surface area contributed by atoms with E-state index in [4.69, 9.17) is 0 Å². The molecule has 2 unspecified atom stereocenters. The fraction of sp³-hybridized carbons (Fsp3) is 0.588. The molecule has 4 heteroatoms. The van der Waals surface area contributed by atoms with Crippen LogP contribution in [0.3, 0.4) is 0 Å². The SMILES string of the molecule is CCCC1(C(=O)O)CCN(C(CC)c2ccccc2F)C1. The molecule has 2 atom stereocenters. The largest absolute Gasteiger partial charge is 0.481 e. The Hall–Kier alpha value is -1.42. The zero-order valence-electron chi connectivity index (χ0n) is 12.8. The number of aliphatic carboxylic acids is 1. The van der Waals surface area contributed by atoms with Gasteiger partial charge in [0, 0.05) is 18.2 Å². The molecule has 0 bridgehead atoms. The minimum Gasteiger partial charge on any atom is -0.481 e. The second-order valence-corrected chi connectivity index (χ2v) is 6.00. The van der Waals surface area contributed by atoms with Crippen LogP contribution >= 0.6 is 0 Å². The van der Waals surface area contributed by atoms with Gasteiger partial charge in [-0.25, -0.2) is 4.39 Å². The van der Waals surface area contributed by atoms with Crippen molar-refractivity contribution < 1.29 is 14.3 Å². The summed E-state index contributed by atoms with van der Waals surface area (Å²) in [7, 11) is 0. The summed E-state index contributed by atoms with van der Waals surface area (Å²) in [6.07, 6.45) is 2.98. The van der Waals surface area contributed by atoms with Crippen LogP contribution in [-0.2, 0) is 4.79 Å². The van der Waals surface area contributed by atoms with Gasteiger partial charge < -0.3 is 5.11 Å². The summed E-state index contributed by atoms with van der Waals surface area (Å²) in [5.41, 5.74) is 0.0191. The summed E-state index contributed by atoms with van der Waals surface area (Å²) < 4.78 is 14.0. The molecule has 0 saturated carbocycles. The molecular formula is C17H24FNO2. The Morgan fingerprint density at radius 1 is 1.43 bits per heavy atom. The molecule has 0 aromatic heterocycles. The van der Waals surface area contributed by atoms with E-state index in [1.807, 2.05) is 26.0 Å². The predicted molar refractivity (Wildman–Crippen MR) is 80.6 cm³/mol. The van der Waals surface area contributed by atoms with Crippen LogP contribution in [0.1, 0.15) is 51.1 Å². The van der Waals surface area contributed by atoms with Gasteiger partial charge in [0.15, 0.2) is 0 Å². The molecule has 1 aromatic carbocycles. The third kappa shape index (κ3) is 3.10. The van der Waals surface area contributed by atoms with Crippen LogP contribution in [0.2, 0.25) is 0 Å². The second-order valence-electron chi connectivity index (χ2n) is 6.00. The number of benzene rings is 1. The molecule has 1 aliphatic rings. The van der Waals surface area contributed by atoms with Crippen LogP contribution in [0.15, 0.2) is 24.3 Å². The highest BCUT2D eigenvalue weighted by Crippen LogP contribution is 2.40. The lowest BCUT2D eigenvalue weighted by atomic mass is 9.82. The van der Waals surface area contributed by atoms with E-state index in [0.717, 1.165) is 19.4 Å². The van der Waals surface area contributed by atoms with E-state index in [-0.39, 0.29) is 11.9 Å². The summed E-state index contributed by atoms with van der Waals surface area (Å²) in [5.74, 6) is -0.914. The quantitative estimate of drug-likeness (QED) is 0.866. The number of likely N-dealkylation sites (tertiary alicyclic amines) is 1. The first-order valence-corrected chi connectivity index (χ1v) is 7.76. The third-order valence-corrected chi connectivity index (χ3v) is 4.66. The van der Waals surface area contributed by atoms with Crippen molar-refractivity contribution in [3.63, 3.8) is 0 Å². The van der Waals surface area contributed by atoms with Crippen molar-refractivity contribution in [1.82, 2.24) is 4.90 Å². The average molecular weight is 293 g/mol. The highest BCUT2D eigenvalue weighted by atomic mass is 19.1. The van der Waals surface area contributed by atoms with Crippen molar-refractivity contribution in [3.05, 3.63) is 35.6 Å². The predicted octanol–water partition coefficient (Wildman–Crippen LogP) is 3.85. The number of hydrogen-bond donors (Lipinski definition) is 1. The van der Waals surface area contributed by atoms with Crippen molar-refractivity contribution in [2.75, 3.05) is 13.1 Å². The molecule has 0 spiro atoms. The first-order valence-electron chi connectivity index (χ1n) is 7.76. The topological polar surface area (TPSA) is 40.5 Å². The Morgan fingerprint density at radius 2 is 2.14 bits per heavy atom. The summed E-state index contributed by atoms with van der Waals surface area (Å²) >= 11 is 0. The lowest BCUT2D eigenvalue weighted by molar-refractivity contribution is -0.148. The number of carboxylic acids is 1. The van der Waals surface area contributed by atoms with Crippen molar-refractivity contribution in [2.45, 2.75) is 45.6 Å². The Bertz CT molecular complexity index is 505. The molecule has 1 aliphatic heterocycles. The zero-order valence-corrected chi connectivity index (χ0v) is 12.8. The molecular weight excluding hydrogens is 269 g/mol. The number of carbonyl (C=O) groups is 1. The van der Waals surface area contributed by atoms with Gasteiger partial charge in [0.2, 0.25) is 0 Å². The molecule has 1 aromatic rings. The van der Waals surface area contributed by atoms with Crippen LogP contribution in [0.25, 0.3) is 0 Å². The van der Waals surface area contributed by atoms with Gasteiger partial charge in [-0.1, -0.05) is 38.5 Å². The minimum absolute atomic E-state index is 0.0377. The van der Waals surface area contributed by atoms with Crippen molar-refractivity contribution >= 4 is 5.97 Å². The van der Waals surface area contributed by atoms with E-state index in [9.17, 15) is 14.3 Å². The molecule has 3 nitrogen and oxygen atoms in total. The Labute approximate surface area is 125 Å². The maximum atomic E-state index is 14.0. The van der Waals surface area contributed by atoms with Gasteiger partial charge in [-0.2, -0.15) is 0 Å². The molecule has 0 aliphatic carbocycles. The van der Waals surface area contributed by atoms with Crippen LogP contribution in [0, 0.1) is 11.2 Å². The summed E-state index contributed by atoms with van der Waals surface area (Å²) in [6, 6.07) is 6.78. The molecule has 2 rings (SSSR count). The number of carboxylic acid groups (broad SMARTS) is 1. The van der Waals surface area contributed by atoms with Gasteiger partial charge >= 0.3 is 5.97 Å². The van der Waals surface area contributed by atoms with Crippen LogP contribution in [-0.4, -0.2) is 29.1 Å². The van der Waals surface area contributed by atoms with E-state index in [2.05, 4.69) is 4.90 Å². The molecule has 1 heterocycles. The fourth-order valence-corrected chi connectivity index (χ4v) is 3.55. The highest BCUT2D eigenvalue weighted by Gasteiger charge is 2.45. The molecule has 21 heavy (non-hydrogen) atoms. The number of halogens is 1. The lowest BCUT2D eigenvalue weighted by Crippen LogP contribution is -2.36. The van der Waals surface area contributed by atoms with Crippen LogP contribution < -0.4 is 0 Å². The summed E-state index contributed by atoms with van der Waals surface area (Å²) in [6.45, 7) is 5.28. The Kier molecular flexibility index (Phi) is 4.99. The smallest absolute Gasteiger partial charge is 0.310 e. The third-order valence-electron chi connectivity index (χ3n) is 4.66. The monoisotopic (exact) mass is 293 g/mol. The molecule has 116 valence electrons. The number of hydrogen-bond acceptors (Lipinski definition) is 2. The molecule has 0 radical (unpaired) electrons. The lowest BCUT2D eigenvalue weighted by Gasteiger charge is -2.30.